The molecule has 1 aromatic carbocycles. The van der Waals surface area contributed by atoms with Crippen LogP contribution in [0, 0.1) is 0 Å². The lowest BCUT2D eigenvalue weighted by Crippen LogP contribution is -2.51. The average Bonchev–Trinajstić information content (AvgIpc) is 2.39. The van der Waals surface area contributed by atoms with Crippen LogP contribution < -0.4 is 10.6 Å². The zero-order chi connectivity index (χ0) is 13.0. The van der Waals surface area contributed by atoms with Crippen molar-refractivity contribution in [2.45, 2.75) is 19.0 Å². The fourth-order valence-electron chi connectivity index (χ4n) is 1.91. The van der Waals surface area contributed by atoms with Crippen molar-refractivity contribution in [3.8, 4) is 0 Å². The fraction of sp³-hybridized carbons (Fsp3) is 0.462. The first-order chi connectivity index (χ1) is 8.66. The molecule has 1 heterocycles. The first-order valence-electron chi connectivity index (χ1n) is 6.04. The van der Waals surface area contributed by atoms with Crippen molar-refractivity contribution in [3.05, 3.63) is 34.9 Å². The molecular formula is C13H18Cl2N2O2. The van der Waals surface area contributed by atoms with Crippen LogP contribution in [0.2, 0.25) is 5.02 Å². The van der Waals surface area contributed by atoms with E-state index in [-0.39, 0.29) is 30.4 Å². The van der Waals surface area contributed by atoms with Gasteiger partial charge in [-0.2, -0.15) is 0 Å². The Hall–Kier alpha value is -0.810. The zero-order valence-corrected chi connectivity index (χ0v) is 12.3. The first-order valence-corrected chi connectivity index (χ1v) is 6.41. The maximum Gasteiger partial charge on any atom is 0.240 e. The summed E-state index contributed by atoms with van der Waals surface area (Å²) in [6.07, 6.45) is 0. The smallest absolute Gasteiger partial charge is 0.240 e. The molecule has 1 fully saturated rings. The van der Waals surface area contributed by atoms with Gasteiger partial charge in [-0.05, 0) is 24.6 Å². The first kappa shape index (κ1) is 16.2. The topological polar surface area (TPSA) is 50.4 Å². The molecule has 0 bridgehead atoms. The second-order valence-electron chi connectivity index (χ2n) is 4.37. The van der Waals surface area contributed by atoms with Crippen molar-refractivity contribution in [2.24, 2.45) is 0 Å². The van der Waals surface area contributed by atoms with Crippen molar-refractivity contribution in [3.63, 3.8) is 0 Å². The maximum atomic E-state index is 12.0. The van der Waals surface area contributed by atoms with Crippen molar-refractivity contribution in [2.75, 3.05) is 19.8 Å². The second kappa shape index (κ2) is 7.70. The number of amides is 1. The Labute approximate surface area is 124 Å². The molecule has 2 atom stereocenters. The Morgan fingerprint density at radius 2 is 2.37 bits per heavy atom. The summed E-state index contributed by atoms with van der Waals surface area (Å²) in [4.78, 5) is 12.0. The van der Waals surface area contributed by atoms with E-state index in [1.807, 2.05) is 31.2 Å². The summed E-state index contributed by atoms with van der Waals surface area (Å²) in [5.41, 5.74) is 0.993. The number of hydrogen-bond acceptors (Lipinski definition) is 3. The highest BCUT2D eigenvalue weighted by Crippen LogP contribution is 2.17. The van der Waals surface area contributed by atoms with E-state index in [0.29, 0.717) is 24.8 Å². The van der Waals surface area contributed by atoms with Crippen molar-refractivity contribution >= 4 is 29.9 Å². The number of hydrogen-bond donors (Lipinski definition) is 2. The number of morpholine rings is 1. The number of benzene rings is 1. The third-order valence-corrected chi connectivity index (χ3v) is 3.18. The summed E-state index contributed by atoms with van der Waals surface area (Å²) in [5, 5.41) is 6.75. The molecule has 1 saturated heterocycles. The Kier molecular flexibility index (Phi) is 6.58. The molecule has 19 heavy (non-hydrogen) atoms. The Morgan fingerprint density at radius 1 is 1.58 bits per heavy atom. The van der Waals surface area contributed by atoms with Gasteiger partial charge in [0, 0.05) is 11.6 Å². The Bertz CT molecular complexity index is 423. The van der Waals surface area contributed by atoms with Crippen LogP contribution >= 0.6 is 24.0 Å². The lowest BCUT2D eigenvalue weighted by molar-refractivity contribution is -0.126. The van der Waals surface area contributed by atoms with Crippen molar-refractivity contribution < 1.29 is 9.53 Å². The van der Waals surface area contributed by atoms with E-state index in [2.05, 4.69) is 10.6 Å². The van der Waals surface area contributed by atoms with Crippen LogP contribution in [0.5, 0.6) is 0 Å². The Morgan fingerprint density at radius 3 is 3.00 bits per heavy atom. The molecular weight excluding hydrogens is 287 g/mol. The van der Waals surface area contributed by atoms with Crippen molar-refractivity contribution in [1.29, 1.82) is 0 Å². The van der Waals surface area contributed by atoms with Gasteiger partial charge in [0.05, 0.1) is 19.3 Å². The molecule has 2 N–H and O–H groups in total. The van der Waals surface area contributed by atoms with E-state index in [0.717, 1.165) is 5.56 Å². The molecule has 2 rings (SSSR count). The standard InChI is InChI=1S/C13H17ClN2O2.ClH/c1-9(10-3-2-4-11(14)7-10)16-13(17)12-8-18-6-5-15-12;/h2-4,7,9,12,15H,5-6,8H2,1H3,(H,16,17);1H/t9-,12?;/m1./s1. The highest BCUT2D eigenvalue weighted by atomic mass is 35.5. The van der Waals surface area contributed by atoms with E-state index in [4.69, 9.17) is 16.3 Å². The number of ether oxygens (including phenoxy) is 1. The molecule has 4 nitrogen and oxygen atoms in total. The third kappa shape index (κ3) is 4.66. The molecule has 1 unspecified atom stereocenters. The van der Waals surface area contributed by atoms with Gasteiger partial charge >= 0.3 is 0 Å². The molecule has 0 saturated carbocycles. The van der Waals surface area contributed by atoms with Gasteiger partial charge in [-0.1, -0.05) is 23.7 Å². The number of nitrogens with one attached hydrogen (secondary N) is 2. The highest BCUT2D eigenvalue weighted by molar-refractivity contribution is 6.30. The molecule has 6 heteroatoms. The van der Waals surface area contributed by atoms with Crippen LogP contribution in [0.3, 0.4) is 0 Å². The van der Waals surface area contributed by atoms with Crippen LogP contribution in [-0.2, 0) is 9.53 Å². The van der Waals surface area contributed by atoms with Gasteiger partial charge in [0.25, 0.3) is 0 Å². The summed E-state index contributed by atoms with van der Waals surface area (Å²) >= 11 is 5.93. The molecule has 0 radical (unpaired) electrons. The van der Waals surface area contributed by atoms with Gasteiger partial charge in [-0.3, -0.25) is 4.79 Å². The van der Waals surface area contributed by atoms with Gasteiger partial charge in [0.2, 0.25) is 5.91 Å². The molecule has 0 aromatic heterocycles. The number of carbonyl (C=O) groups is 1. The van der Waals surface area contributed by atoms with Gasteiger partial charge in [0.1, 0.15) is 6.04 Å². The van der Waals surface area contributed by atoms with Crippen LogP contribution in [0.4, 0.5) is 0 Å². The molecule has 0 spiro atoms. The van der Waals surface area contributed by atoms with Crippen molar-refractivity contribution in [1.82, 2.24) is 10.6 Å². The average molecular weight is 305 g/mol. The molecule has 1 aromatic rings. The van der Waals surface area contributed by atoms with Crippen LogP contribution in [0.25, 0.3) is 0 Å². The largest absolute Gasteiger partial charge is 0.378 e. The predicted molar refractivity (Wildman–Crippen MR) is 77.9 cm³/mol. The van der Waals surface area contributed by atoms with Crippen LogP contribution in [0.15, 0.2) is 24.3 Å². The number of halogens is 2. The molecule has 1 aliphatic heterocycles. The molecule has 1 amide bonds. The van der Waals surface area contributed by atoms with E-state index in [1.165, 1.54) is 0 Å². The lowest BCUT2D eigenvalue weighted by atomic mass is 10.1. The number of carbonyl (C=O) groups excluding carboxylic acids is 1. The summed E-state index contributed by atoms with van der Waals surface area (Å²) in [7, 11) is 0. The maximum absolute atomic E-state index is 12.0. The summed E-state index contributed by atoms with van der Waals surface area (Å²) in [6.45, 7) is 3.73. The Balaban J connectivity index is 0.00000180. The minimum Gasteiger partial charge on any atom is -0.378 e. The summed E-state index contributed by atoms with van der Waals surface area (Å²) in [5.74, 6) is -0.0397. The normalized spacial score (nSPS) is 20.2. The zero-order valence-electron chi connectivity index (χ0n) is 10.7. The van der Waals surface area contributed by atoms with Gasteiger partial charge in [0.15, 0.2) is 0 Å². The SMILES string of the molecule is C[C@@H](NC(=O)C1COCCN1)c1cccc(Cl)c1.Cl. The lowest BCUT2D eigenvalue weighted by Gasteiger charge is -2.25. The van der Waals surface area contributed by atoms with Gasteiger partial charge < -0.3 is 15.4 Å². The monoisotopic (exact) mass is 304 g/mol. The third-order valence-electron chi connectivity index (χ3n) is 2.95. The predicted octanol–water partition coefficient (Wildman–Crippen LogP) is 1.93. The van der Waals surface area contributed by atoms with E-state index >= 15 is 0 Å². The van der Waals surface area contributed by atoms with Gasteiger partial charge in [-0.15, -0.1) is 12.4 Å². The second-order valence-corrected chi connectivity index (χ2v) is 4.80. The summed E-state index contributed by atoms with van der Waals surface area (Å²) in [6, 6.07) is 7.16. The van der Waals surface area contributed by atoms with Gasteiger partial charge in [-0.25, -0.2) is 0 Å². The molecule has 106 valence electrons. The fourth-order valence-corrected chi connectivity index (χ4v) is 2.11. The molecule has 1 aliphatic rings. The summed E-state index contributed by atoms with van der Waals surface area (Å²) < 4.78 is 5.27. The van der Waals surface area contributed by atoms with E-state index in [9.17, 15) is 4.79 Å². The minimum absolute atomic E-state index is 0. The minimum atomic E-state index is -0.264. The van der Waals surface area contributed by atoms with Crippen LogP contribution in [-0.4, -0.2) is 31.7 Å². The quantitative estimate of drug-likeness (QED) is 0.897. The highest BCUT2D eigenvalue weighted by Gasteiger charge is 2.22. The van der Waals surface area contributed by atoms with E-state index < -0.39 is 0 Å². The van der Waals surface area contributed by atoms with Crippen LogP contribution in [0.1, 0.15) is 18.5 Å². The molecule has 0 aliphatic carbocycles. The number of rotatable bonds is 3. The van der Waals surface area contributed by atoms with E-state index in [1.54, 1.807) is 0 Å².